The molecular formula is C20H20N2O2. The molecule has 0 N–H and O–H groups in total. The molecule has 0 unspecified atom stereocenters. The summed E-state index contributed by atoms with van der Waals surface area (Å²) in [5, 5.41) is 8.22. The van der Waals surface area contributed by atoms with E-state index in [1.165, 1.54) is 24.0 Å². The first-order chi connectivity index (χ1) is 11.9. The van der Waals surface area contributed by atoms with Crippen molar-refractivity contribution in [2.75, 3.05) is 6.61 Å². The van der Waals surface area contributed by atoms with E-state index < -0.39 is 0 Å². The second-order valence-electron chi connectivity index (χ2n) is 6.07. The highest BCUT2D eigenvalue weighted by molar-refractivity contribution is 5.51. The molecule has 0 radical (unpaired) electrons. The third-order valence-corrected chi connectivity index (χ3v) is 4.41. The van der Waals surface area contributed by atoms with Crippen LogP contribution >= 0.6 is 0 Å². The van der Waals surface area contributed by atoms with Gasteiger partial charge in [-0.3, -0.25) is 0 Å². The van der Waals surface area contributed by atoms with Crippen LogP contribution in [0.1, 0.15) is 29.9 Å². The Bertz CT molecular complexity index is 812. The van der Waals surface area contributed by atoms with Crippen LogP contribution in [0.4, 0.5) is 0 Å². The van der Waals surface area contributed by atoms with Crippen LogP contribution in [-0.4, -0.2) is 16.8 Å². The fraction of sp³-hybridized carbons (Fsp3) is 0.300. The Hall–Kier alpha value is -2.62. The van der Waals surface area contributed by atoms with Gasteiger partial charge >= 0.3 is 0 Å². The molecule has 122 valence electrons. The van der Waals surface area contributed by atoms with Crippen LogP contribution < -0.4 is 4.74 Å². The maximum absolute atomic E-state index is 6.00. The zero-order valence-electron chi connectivity index (χ0n) is 13.6. The Morgan fingerprint density at radius 1 is 0.917 bits per heavy atom. The van der Waals surface area contributed by atoms with Gasteiger partial charge in [-0.2, -0.15) is 0 Å². The van der Waals surface area contributed by atoms with Gasteiger partial charge in [0.05, 0.1) is 13.0 Å². The number of hydrogen-bond acceptors (Lipinski definition) is 4. The Labute approximate surface area is 141 Å². The normalized spacial score (nSPS) is 13.5. The van der Waals surface area contributed by atoms with Crippen LogP contribution in [0.25, 0.3) is 11.5 Å². The molecule has 0 atom stereocenters. The Balaban J connectivity index is 1.39. The van der Waals surface area contributed by atoms with Gasteiger partial charge in [0.25, 0.3) is 0 Å². The summed E-state index contributed by atoms with van der Waals surface area (Å²) in [4.78, 5) is 0. The molecule has 4 nitrogen and oxygen atoms in total. The zero-order valence-corrected chi connectivity index (χ0v) is 13.6. The average Bonchev–Trinajstić information content (AvgIpc) is 3.12. The molecule has 0 amide bonds. The van der Waals surface area contributed by atoms with Crippen molar-refractivity contribution in [2.24, 2.45) is 0 Å². The largest absolute Gasteiger partial charge is 0.493 e. The van der Waals surface area contributed by atoms with Crippen molar-refractivity contribution in [1.29, 1.82) is 0 Å². The minimum Gasteiger partial charge on any atom is -0.493 e. The number of hydrogen-bond donors (Lipinski definition) is 0. The predicted octanol–water partition coefficient (Wildman–Crippen LogP) is 4.24. The van der Waals surface area contributed by atoms with Crippen LogP contribution in [0.5, 0.6) is 5.75 Å². The summed E-state index contributed by atoms with van der Waals surface area (Å²) < 4.78 is 11.7. The summed E-state index contributed by atoms with van der Waals surface area (Å²) >= 11 is 0. The van der Waals surface area contributed by atoms with Crippen LogP contribution in [-0.2, 0) is 19.3 Å². The van der Waals surface area contributed by atoms with Crippen molar-refractivity contribution < 1.29 is 9.15 Å². The summed E-state index contributed by atoms with van der Waals surface area (Å²) in [7, 11) is 0. The van der Waals surface area contributed by atoms with E-state index in [0.717, 1.165) is 24.2 Å². The monoisotopic (exact) mass is 320 g/mol. The van der Waals surface area contributed by atoms with Gasteiger partial charge < -0.3 is 9.15 Å². The Morgan fingerprint density at radius 3 is 2.71 bits per heavy atom. The molecular weight excluding hydrogens is 300 g/mol. The van der Waals surface area contributed by atoms with Crippen LogP contribution in [0.2, 0.25) is 0 Å². The van der Waals surface area contributed by atoms with E-state index >= 15 is 0 Å². The molecule has 1 heterocycles. The average molecular weight is 320 g/mol. The molecule has 0 saturated heterocycles. The molecule has 2 aromatic carbocycles. The summed E-state index contributed by atoms with van der Waals surface area (Å²) in [6, 6.07) is 16.2. The third kappa shape index (κ3) is 3.18. The van der Waals surface area contributed by atoms with E-state index in [1.807, 2.05) is 30.3 Å². The van der Waals surface area contributed by atoms with Gasteiger partial charge in [-0.15, -0.1) is 10.2 Å². The lowest BCUT2D eigenvalue weighted by Crippen LogP contribution is -2.08. The lowest BCUT2D eigenvalue weighted by atomic mass is 9.91. The van der Waals surface area contributed by atoms with Crippen LogP contribution in [0.15, 0.2) is 52.9 Å². The summed E-state index contributed by atoms with van der Waals surface area (Å²) in [5.41, 5.74) is 3.75. The third-order valence-electron chi connectivity index (χ3n) is 4.41. The van der Waals surface area contributed by atoms with Gasteiger partial charge in [0.15, 0.2) is 0 Å². The minimum atomic E-state index is 0.548. The number of aromatic nitrogens is 2. The first-order valence-corrected chi connectivity index (χ1v) is 8.51. The number of rotatable bonds is 5. The number of nitrogens with zero attached hydrogens (tertiary/aromatic N) is 2. The Kier molecular flexibility index (Phi) is 4.28. The van der Waals surface area contributed by atoms with Gasteiger partial charge in [0.2, 0.25) is 11.8 Å². The summed E-state index contributed by atoms with van der Waals surface area (Å²) in [6.07, 6.45) is 5.42. The van der Waals surface area contributed by atoms with Crippen molar-refractivity contribution in [3.05, 3.63) is 65.5 Å². The van der Waals surface area contributed by atoms with Gasteiger partial charge in [-0.05, 0) is 55.0 Å². The molecule has 0 bridgehead atoms. The van der Waals surface area contributed by atoms with E-state index in [2.05, 4.69) is 28.4 Å². The number of ether oxygens (including phenoxy) is 1. The molecule has 0 saturated carbocycles. The van der Waals surface area contributed by atoms with Crippen LogP contribution in [0.3, 0.4) is 0 Å². The first-order valence-electron chi connectivity index (χ1n) is 8.51. The molecule has 24 heavy (non-hydrogen) atoms. The quantitative estimate of drug-likeness (QED) is 0.705. The number of fused-ring (bicyclic) bond motifs is 1. The van der Waals surface area contributed by atoms with Gasteiger partial charge in [-0.25, -0.2) is 0 Å². The lowest BCUT2D eigenvalue weighted by molar-refractivity contribution is 0.302. The SMILES string of the molecule is c1ccc(-c2nnc(CCOc3cccc4c3CCCC4)o2)cc1. The molecule has 3 aromatic rings. The number of benzene rings is 2. The highest BCUT2D eigenvalue weighted by Gasteiger charge is 2.14. The fourth-order valence-corrected chi connectivity index (χ4v) is 3.18. The van der Waals surface area contributed by atoms with E-state index in [4.69, 9.17) is 9.15 Å². The van der Waals surface area contributed by atoms with Crippen molar-refractivity contribution in [2.45, 2.75) is 32.1 Å². The topological polar surface area (TPSA) is 48.2 Å². The minimum absolute atomic E-state index is 0.548. The Morgan fingerprint density at radius 2 is 1.79 bits per heavy atom. The fourth-order valence-electron chi connectivity index (χ4n) is 3.18. The van der Waals surface area contributed by atoms with E-state index in [9.17, 15) is 0 Å². The molecule has 0 fully saturated rings. The first kappa shape index (κ1) is 14.9. The second-order valence-corrected chi connectivity index (χ2v) is 6.07. The maximum Gasteiger partial charge on any atom is 0.247 e. The van der Waals surface area contributed by atoms with Gasteiger partial charge in [0.1, 0.15) is 5.75 Å². The van der Waals surface area contributed by atoms with Crippen molar-refractivity contribution >= 4 is 0 Å². The molecule has 4 heteroatoms. The van der Waals surface area contributed by atoms with E-state index in [-0.39, 0.29) is 0 Å². The summed E-state index contributed by atoms with van der Waals surface area (Å²) in [5.74, 6) is 2.18. The molecule has 4 rings (SSSR count). The highest BCUT2D eigenvalue weighted by Crippen LogP contribution is 2.29. The van der Waals surface area contributed by atoms with Gasteiger partial charge in [-0.1, -0.05) is 30.3 Å². The number of aryl methyl sites for hydroxylation is 1. The van der Waals surface area contributed by atoms with Gasteiger partial charge in [0, 0.05) is 5.56 Å². The second kappa shape index (κ2) is 6.87. The molecule has 0 spiro atoms. The highest BCUT2D eigenvalue weighted by atomic mass is 16.5. The van der Waals surface area contributed by atoms with Crippen molar-refractivity contribution in [3.63, 3.8) is 0 Å². The van der Waals surface area contributed by atoms with Crippen molar-refractivity contribution in [1.82, 2.24) is 10.2 Å². The van der Waals surface area contributed by atoms with Crippen LogP contribution in [0, 0.1) is 0 Å². The van der Waals surface area contributed by atoms with E-state index in [1.54, 1.807) is 0 Å². The molecule has 0 aliphatic heterocycles. The van der Waals surface area contributed by atoms with E-state index in [0.29, 0.717) is 24.8 Å². The standard InChI is InChI=1S/C20H20N2O2/c1-2-8-16(9-3-1)20-22-21-19(24-20)13-14-23-18-12-6-10-15-7-4-5-11-17(15)18/h1-3,6,8-10,12H,4-5,7,11,13-14H2. The maximum atomic E-state index is 6.00. The lowest BCUT2D eigenvalue weighted by Gasteiger charge is -2.19. The zero-order chi connectivity index (χ0) is 16.2. The molecule has 1 aliphatic carbocycles. The van der Waals surface area contributed by atoms with Crippen molar-refractivity contribution in [3.8, 4) is 17.2 Å². The molecule has 1 aromatic heterocycles. The summed E-state index contributed by atoms with van der Waals surface area (Å²) in [6.45, 7) is 0.548. The smallest absolute Gasteiger partial charge is 0.247 e. The predicted molar refractivity (Wildman–Crippen MR) is 92.0 cm³/mol. The molecule has 1 aliphatic rings.